The Bertz CT molecular complexity index is 204. The first-order valence-corrected chi connectivity index (χ1v) is 6.83. The van der Waals surface area contributed by atoms with Crippen molar-refractivity contribution in [2.45, 2.75) is 51.0 Å². The highest BCUT2D eigenvalue weighted by Crippen LogP contribution is 2.44. The van der Waals surface area contributed by atoms with E-state index >= 15 is 0 Å². The number of nitrogens with zero attached hydrogens (tertiary/aromatic N) is 1. The SMILES string of the molecule is NC(CO)CN1CCC2(CCCCC2)CC1. The van der Waals surface area contributed by atoms with Crippen molar-refractivity contribution in [3.05, 3.63) is 0 Å². The maximum absolute atomic E-state index is 8.96. The Balaban J connectivity index is 1.77. The number of nitrogens with two attached hydrogens (primary N) is 1. The first kappa shape index (κ1) is 12.3. The second kappa shape index (κ2) is 5.48. The summed E-state index contributed by atoms with van der Waals surface area (Å²) in [5.41, 5.74) is 6.46. The quantitative estimate of drug-likeness (QED) is 0.764. The van der Waals surface area contributed by atoms with Crippen molar-refractivity contribution in [1.29, 1.82) is 0 Å². The zero-order valence-corrected chi connectivity index (χ0v) is 10.3. The van der Waals surface area contributed by atoms with E-state index in [-0.39, 0.29) is 12.6 Å². The van der Waals surface area contributed by atoms with Crippen LogP contribution in [0.3, 0.4) is 0 Å². The molecule has 0 aromatic heterocycles. The lowest BCUT2D eigenvalue weighted by Gasteiger charge is -2.44. The van der Waals surface area contributed by atoms with Gasteiger partial charge in [0.05, 0.1) is 6.61 Å². The molecule has 3 N–H and O–H groups in total. The molecule has 1 saturated carbocycles. The molecule has 1 saturated heterocycles. The van der Waals surface area contributed by atoms with E-state index < -0.39 is 0 Å². The molecule has 1 atom stereocenters. The van der Waals surface area contributed by atoms with E-state index in [1.54, 1.807) is 0 Å². The summed E-state index contributed by atoms with van der Waals surface area (Å²) in [5.74, 6) is 0. The van der Waals surface area contributed by atoms with Crippen molar-refractivity contribution in [3.8, 4) is 0 Å². The van der Waals surface area contributed by atoms with Gasteiger partial charge in [0.2, 0.25) is 0 Å². The van der Waals surface area contributed by atoms with Crippen molar-refractivity contribution in [3.63, 3.8) is 0 Å². The Hall–Kier alpha value is -0.120. The molecule has 0 aromatic carbocycles. The number of hydrogen-bond donors (Lipinski definition) is 2. The maximum Gasteiger partial charge on any atom is 0.0595 e. The van der Waals surface area contributed by atoms with E-state index in [0.717, 1.165) is 6.54 Å². The van der Waals surface area contributed by atoms with Gasteiger partial charge in [0.25, 0.3) is 0 Å². The van der Waals surface area contributed by atoms with E-state index in [1.165, 1.54) is 58.0 Å². The Morgan fingerprint density at radius 3 is 2.25 bits per heavy atom. The van der Waals surface area contributed by atoms with E-state index in [4.69, 9.17) is 10.8 Å². The molecule has 0 bridgehead atoms. The molecule has 3 heteroatoms. The molecule has 3 nitrogen and oxygen atoms in total. The summed E-state index contributed by atoms with van der Waals surface area (Å²) in [6.45, 7) is 3.36. The number of piperidine rings is 1. The molecule has 1 aliphatic heterocycles. The third-order valence-corrected chi connectivity index (χ3v) is 4.56. The van der Waals surface area contributed by atoms with Crippen molar-refractivity contribution in [1.82, 2.24) is 4.90 Å². The van der Waals surface area contributed by atoms with Crippen LogP contribution in [0.2, 0.25) is 0 Å². The summed E-state index contributed by atoms with van der Waals surface area (Å²) < 4.78 is 0. The molecule has 94 valence electrons. The van der Waals surface area contributed by atoms with Crippen LogP contribution < -0.4 is 5.73 Å². The van der Waals surface area contributed by atoms with Gasteiger partial charge in [-0.1, -0.05) is 19.3 Å². The molecule has 0 radical (unpaired) electrons. The lowest BCUT2D eigenvalue weighted by molar-refractivity contribution is 0.0612. The second-order valence-corrected chi connectivity index (χ2v) is 5.80. The summed E-state index contributed by atoms with van der Waals surface area (Å²) in [4.78, 5) is 2.43. The summed E-state index contributed by atoms with van der Waals surface area (Å²) in [5, 5.41) is 8.96. The van der Waals surface area contributed by atoms with Crippen molar-refractivity contribution in [2.24, 2.45) is 11.1 Å². The summed E-state index contributed by atoms with van der Waals surface area (Å²) in [6.07, 6.45) is 9.93. The van der Waals surface area contributed by atoms with Gasteiger partial charge in [-0.2, -0.15) is 0 Å². The fraction of sp³-hybridized carbons (Fsp3) is 1.00. The van der Waals surface area contributed by atoms with Gasteiger partial charge in [-0.3, -0.25) is 0 Å². The first-order chi connectivity index (χ1) is 7.74. The van der Waals surface area contributed by atoms with Gasteiger partial charge in [0.1, 0.15) is 0 Å². The Kier molecular flexibility index (Phi) is 4.22. The lowest BCUT2D eigenvalue weighted by Crippen LogP contribution is -2.46. The zero-order valence-electron chi connectivity index (χ0n) is 10.3. The van der Waals surface area contributed by atoms with Crippen LogP contribution in [0.4, 0.5) is 0 Å². The average molecular weight is 226 g/mol. The van der Waals surface area contributed by atoms with Crippen LogP contribution >= 0.6 is 0 Å². The number of rotatable bonds is 3. The molecule has 2 rings (SSSR count). The molecular weight excluding hydrogens is 200 g/mol. The average Bonchev–Trinajstić information content (AvgIpc) is 2.33. The van der Waals surface area contributed by atoms with Crippen LogP contribution in [0.15, 0.2) is 0 Å². The summed E-state index contributed by atoms with van der Waals surface area (Å²) in [7, 11) is 0. The van der Waals surface area contributed by atoms with Crippen molar-refractivity contribution in [2.75, 3.05) is 26.2 Å². The number of aliphatic hydroxyl groups is 1. The molecule has 2 fully saturated rings. The molecule has 0 amide bonds. The summed E-state index contributed by atoms with van der Waals surface area (Å²) >= 11 is 0. The molecule has 0 aromatic rings. The minimum absolute atomic E-state index is 0.0552. The Morgan fingerprint density at radius 1 is 1.06 bits per heavy atom. The molecular formula is C13H26N2O. The number of aliphatic hydroxyl groups excluding tert-OH is 1. The number of likely N-dealkylation sites (tertiary alicyclic amines) is 1. The lowest BCUT2D eigenvalue weighted by atomic mass is 9.68. The predicted molar refractivity (Wildman–Crippen MR) is 66.3 cm³/mol. The van der Waals surface area contributed by atoms with Gasteiger partial charge in [-0.25, -0.2) is 0 Å². The fourth-order valence-electron chi connectivity index (χ4n) is 3.40. The largest absolute Gasteiger partial charge is 0.395 e. The van der Waals surface area contributed by atoms with Crippen LogP contribution in [-0.4, -0.2) is 42.3 Å². The Labute approximate surface area is 99.0 Å². The van der Waals surface area contributed by atoms with E-state index in [0.29, 0.717) is 5.41 Å². The molecule has 1 aliphatic carbocycles. The van der Waals surface area contributed by atoms with Crippen LogP contribution in [-0.2, 0) is 0 Å². The Morgan fingerprint density at radius 2 is 1.69 bits per heavy atom. The fourth-order valence-corrected chi connectivity index (χ4v) is 3.40. The van der Waals surface area contributed by atoms with Crippen molar-refractivity contribution < 1.29 is 5.11 Å². The van der Waals surface area contributed by atoms with E-state index in [9.17, 15) is 0 Å². The van der Waals surface area contributed by atoms with E-state index in [2.05, 4.69) is 4.90 Å². The third kappa shape index (κ3) is 2.96. The third-order valence-electron chi connectivity index (χ3n) is 4.56. The molecule has 1 heterocycles. The van der Waals surface area contributed by atoms with Crippen LogP contribution in [0.5, 0.6) is 0 Å². The van der Waals surface area contributed by atoms with Gasteiger partial charge in [-0.15, -0.1) is 0 Å². The van der Waals surface area contributed by atoms with Gasteiger partial charge in [-0.05, 0) is 44.2 Å². The van der Waals surface area contributed by atoms with Crippen LogP contribution in [0, 0.1) is 5.41 Å². The predicted octanol–water partition coefficient (Wildman–Crippen LogP) is 1.35. The standard InChI is InChI=1S/C13H26N2O/c14-12(11-16)10-15-8-6-13(7-9-15)4-2-1-3-5-13/h12,16H,1-11,14H2. The molecule has 1 spiro atoms. The van der Waals surface area contributed by atoms with Gasteiger partial charge in [0.15, 0.2) is 0 Å². The highest BCUT2D eigenvalue weighted by molar-refractivity contribution is 4.88. The van der Waals surface area contributed by atoms with Gasteiger partial charge >= 0.3 is 0 Å². The minimum atomic E-state index is -0.0552. The monoisotopic (exact) mass is 226 g/mol. The number of hydrogen-bond acceptors (Lipinski definition) is 3. The minimum Gasteiger partial charge on any atom is -0.395 e. The smallest absolute Gasteiger partial charge is 0.0595 e. The highest BCUT2D eigenvalue weighted by Gasteiger charge is 2.35. The first-order valence-electron chi connectivity index (χ1n) is 6.83. The van der Waals surface area contributed by atoms with Gasteiger partial charge in [0, 0.05) is 12.6 Å². The zero-order chi connectivity index (χ0) is 11.4. The summed E-state index contributed by atoms with van der Waals surface area (Å²) in [6, 6.07) is -0.0552. The van der Waals surface area contributed by atoms with Crippen molar-refractivity contribution >= 4 is 0 Å². The van der Waals surface area contributed by atoms with Crippen LogP contribution in [0.25, 0.3) is 0 Å². The van der Waals surface area contributed by atoms with Gasteiger partial charge < -0.3 is 15.7 Å². The topological polar surface area (TPSA) is 49.5 Å². The maximum atomic E-state index is 8.96. The molecule has 1 unspecified atom stereocenters. The molecule has 16 heavy (non-hydrogen) atoms. The molecule has 2 aliphatic rings. The normalized spacial score (nSPS) is 28.1. The van der Waals surface area contributed by atoms with E-state index in [1.807, 2.05) is 0 Å². The van der Waals surface area contributed by atoms with Crippen LogP contribution in [0.1, 0.15) is 44.9 Å². The second-order valence-electron chi connectivity index (χ2n) is 5.80. The highest BCUT2D eigenvalue weighted by atomic mass is 16.3.